The summed E-state index contributed by atoms with van der Waals surface area (Å²) in [5.74, 6) is 0. The number of rotatable bonds is 3. The number of benzene rings is 1. The van der Waals surface area contributed by atoms with Crippen LogP contribution in [0.2, 0.25) is 0 Å². The van der Waals surface area contributed by atoms with Crippen LogP contribution >= 0.6 is 0 Å². The van der Waals surface area contributed by atoms with Gasteiger partial charge in [0.05, 0.1) is 6.04 Å². The van der Waals surface area contributed by atoms with Gasteiger partial charge in [-0.2, -0.15) is 5.06 Å². The van der Waals surface area contributed by atoms with Gasteiger partial charge in [0, 0.05) is 13.1 Å². The van der Waals surface area contributed by atoms with Crippen LogP contribution < -0.4 is 0 Å². The molecule has 1 spiro atoms. The second-order valence-electron chi connectivity index (χ2n) is 6.30. The highest BCUT2D eigenvalue weighted by atomic mass is 16.7. The molecule has 0 radical (unpaired) electrons. The minimum atomic E-state index is 0.0666. The SMILES string of the molecule is O=C1N2CCCC3(CC3)[C@@H](C2)N1OCc1ccccc1. The van der Waals surface area contributed by atoms with E-state index in [0.717, 1.165) is 25.1 Å². The summed E-state index contributed by atoms with van der Waals surface area (Å²) in [6, 6.07) is 10.4. The third-order valence-corrected chi connectivity index (χ3v) is 5.05. The highest BCUT2D eigenvalue weighted by Gasteiger charge is 2.58. The maximum Gasteiger partial charge on any atom is 0.344 e. The van der Waals surface area contributed by atoms with E-state index in [4.69, 9.17) is 4.84 Å². The predicted octanol–water partition coefficient (Wildman–Crippen LogP) is 2.80. The first kappa shape index (κ1) is 12.2. The van der Waals surface area contributed by atoms with E-state index < -0.39 is 0 Å². The molecule has 2 heterocycles. The van der Waals surface area contributed by atoms with Gasteiger partial charge in [0.25, 0.3) is 0 Å². The van der Waals surface area contributed by atoms with Crippen molar-refractivity contribution in [1.82, 2.24) is 9.96 Å². The first-order valence-electron chi connectivity index (χ1n) is 7.54. The zero-order valence-electron chi connectivity index (χ0n) is 11.6. The Bertz CT molecular complexity index is 512. The van der Waals surface area contributed by atoms with Gasteiger partial charge in [-0.1, -0.05) is 30.3 Å². The Balaban J connectivity index is 1.51. The van der Waals surface area contributed by atoms with Crippen molar-refractivity contribution >= 4 is 6.03 Å². The van der Waals surface area contributed by atoms with Crippen molar-refractivity contribution in [1.29, 1.82) is 0 Å². The lowest BCUT2D eigenvalue weighted by Gasteiger charge is -2.30. The molecule has 4 nitrogen and oxygen atoms in total. The largest absolute Gasteiger partial charge is 0.344 e. The molecule has 1 atom stereocenters. The predicted molar refractivity (Wildman–Crippen MR) is 74.7 cm³/mol. The molecule has 0 unspecified atom stereocenters. The average molecular weight is 272 g/mol. The lowest BCUT2D eigenvalue weighted by atomic mass is 9.92. The first-order valence-corrected chi connectivity index (χ1v) is 7.54. The summed E-state index contributed by atoms with van der Waals surface area (Å²) >= 11 is 0. The van der Waals surface area contributed by atoms with E-state index in [-0.39, 0.29) is 12.1 Å². The van der Waals surface area contributed by atoms with Crippen molar-refractivity contribution in [2.24, 2.45) is 5.41 Å². The second kappa shape index (κ2) is 4.48. The highest BCUT2D eigenvalue weighted by molar-refractivity contribution is 5.76. The van der Waals surface area contributed by atoms with Crippen molar-refractivity contribution in [2.75, 3.05) is 13.1 Å². The van der Waals surface area contributed by atoms with Gasteiger partial charge >= 0.3 is 6.03 Å². The molecule has 106 valence electrons. The van der Waals surface area contributed by atoms with Gasteiger partial charge in [0.1, 0.15) is 6.61 Å². The van der Waals surface area contributed by atoms with Gasteiger partial charge in [-0.25, -0.2) is 4.79 Å². The Labute approximate surface area is 119 Å². The first-order chi connectivity index (χ1) is 9.78. The van der Waals surface area contributed by atoms with Crippen LogP contribution in [0.3, 0.4) is 0 Å². The van der Waals surface area contributed by atoms with E-state index in [2.05, 4.69) is 0 Å². The van der Waals surface area contributed by atoms with E-state index >= 15 is 0 Å². The molecule has 2 amide bonds. The smallest absolute Gasteiger partial charge is 0.321 e. The van der Waals surface area contributed by atoms with Crippen molar-refractivity contribution in [2.45, 2.75) is 38.3 Å². The molecule has 0 N–H and O–H groups in total. The minimum Gasteiger partial charge on any atom is -0.321 e. The number of urea groups is 1. The van der Waals surface area contributed by atoms with Gasteiger partial charge in [0.15, 0.2) is 0 Å². The summed E-state index contributed by atoms with van der Waals surface area (Å²) in [7, 11) is 0. The molecule has 2 aliphatic heterocycles. The van der Waals surface area contributed by atoms with Crippen LogP contribution in [0.1, 0.15) is 31.2 Å². The molecule has 1 aromatic carbocycles. The molecule has 4 heteroatoms. The van der Waals surface area contributed by atoms with Gasteiger partial charge in [-0.15, -0.1) is 0 Å². The maximum absolute atomic E-state index is 12.4. The van der Waals surface area contributed by atoms with E-state index in [0.29, 0.717) is 12.0 Å². The Kier molecular flexibility index (Phi) is 2.74. The molecule has 2 bridgehead atoms. The molecule has 3 fully saturated rings. The molecular weight excluding hydrogens is 252 g/mol. The maximum atomic E-state index is 12.4. The molecule has 1 saturated carbocycles. The van der Waals surface area contributed by atoms with E-state index in [1.165, 1.54) is 19.3 Å². The van der Waals surface area contributed by atoms with Crippen LogP contribution in [0.15, 0.2) is 30.3 Å². The monoisotopic (exact) mass is 272 g/mol. The summed E-state index contributed by atoms with van der Waals surface area (Å²) in [6.45, 7) is 2.23. The average Bonchev–Trinajstić information content (AvgIpc) is 3.22. The lowest BCUT2D eigenvalue weighted by molar-refractivity contribution is -0.155. The van der Waals surface area contributed by atoms with Gasteiger partial charge < -0.3 is 4.90 Å². The zero-order valence-corrected chi connectivity index (χ0v) is 11.6. The second-order valence-corrected chi connectivity index (χ2v) is 6.30. The van der Waals surface area contributed by atoms with Crippen LogP contribution in [0.25, 0.3) is 0 Å². The molecule has 1 aromatic rings. The Hall–Kier alpha value is -1.55. The number of nitrogens with zero attached hydrogens (tertiary/aromatic N) is 2. The van der Waals surface area contributed by atoms with Crippen LogP contribution in [0.4, 0.5) is 4.79 Å². The molecule has 4 rings (SSSR count). The Morgan fingerprint density at radius 3 is 2.75 bits per heavy atom. The number of hydrogen-bond acceptors (Lipinski definition) is 2. The standard InChI is InChI=1S/C16H20N2O2/c19-15-17-10-4-7-16(8-9-16)14(11-17)18(15)20-12-13-5-2-1-3-6-13/h1-3,5-6,14H,4,7-12H2/t14-/m1/s1. The summed E-state index contributed by atoms with van der Waals surface area (Å²) in [5, 5.41) is 1.68. The van der Waals surface area contributed by atoms with E-state index in [1.54, 1.807) is 5.06 Å². The van der Waals surface area contributed by atoms with Crippen LogP contribution in [-0.2, 0) is 11.4 Å². The van der Waals surface area contributed by atoms with E-state index in [9.17, 15) is 4.79 Å². The number of carbonyl (C=O) groups excluding carboxylic acids is 1. The van der Waals surface area contributed by atoms with Gasteiger partial charge in [-0.05, 0) is 36.7 Å². The summed E-state index contributed by atoms with van der Waals surface area (Å²) in [4.78, 5) is 20.3. The Morgan fingerprint density at radius 2 is 2.00 bits per heavy atom. The van der Waals surface area contributed by atoms with Crippen molar-refractivity contribution in [3.8, 4) is 0 Å². The summed E-state index contributed by atoms with van der Waals surface area (Å²) < 4.78 is 0. The van der Waals surface area contributed by atoms with Crippen molar-refractivity contribution in [3.63, 3.8) is 0 Å². The fourth-order valence-corrected chi connectivity index (χ4v) is 3.66. The van der Waals surface area contributed by atoms with Gasteiger partial charge in [0.2, 0.25) is 0 Å². The fourth-order valence-electron chi connectivity index (χ4n) is 3.66. The lowest BCUT2D eigenvalue weighted by Crippen LogP contribution is -2.41. The molecule has 2 saturated heterocycles. The van der Waals surface area contributed by atoms with Crippen molar-refractivity contribution < 1.29 is 9.63 Å². The minimum absolute atomic E-state index is 0.0666. The van der Waals surface area contributed by atoms with Gasteiger partial charge in [-0.3, -0.25) is 4.84 Å². The zero-order chi connectivity index (χ0) is 13.6. The summed E-state index contributed by atoms with van der Waals surface area (Å²) in [6.07, 6.45) is 4.90. The van der Waals surface area contributed by atoms with Crippen LogP contribution in [0.5, 0.6) is 0 Å². The quantitative estimate of drug-likeness (QED) is 0.847. The number of fused-ring (bicyclic) bond motifs is 3. The molecule has 1 aliphatic carbocycles. The summed E-state index contributed by atoms with van der Waals surface area (Å²) in [5.41, 5.74) is 1.47. The highest BCUT2D eigenvalue weighted by Crippen LogP contribution is 2.56. The molecule has 0 aromatic heterocycles. The van der Waals surface area contributed by atoms with Crippen LogP contribution in [0, 0.1) is 5.41 Å². The third kappa shape index (κ3) is 1.90. The van der Waals surface area contributed by atoms with Crippen LogP contribution in [-0.4, -0.2) is 35.1 Å². The molecule has 3 aliphatic rings. The topological polar surface area (TPSA) is 32.8 Å². The van der Waals surface area contributed by atoms with E-state index in [1.807, 2.05) is 35.2 Å². The normalized spacial score (nSPS) is 27.0. The van der Waals surface area contributed by atoms with Crippen molar-refractivity contribution in [3.05, 3.63) is 35.9 Å². The molecule has 20 heavy (non-hydrogen) atoms. The fraction of sp³-hybridized carbons (Fsp3) is 0.562. The number of hydrogen-bond donors (Lipinski definition) is 0. The number of amides is 2. The third-order valence-electron chi connectivity index (χ3n) is 5.05. The Morgan fingerprint density at radius 1 is 1.20 bits per heavy atom. The number of carbonyl (C=O) groups is 1. The molecular formula is C16H20N2O2. The number of hydroxylamine groups is 2.